The van der Waals surface area contributed by atoms with E-state index in [1.54, 1.807) is 6.92 Å². The smallest absolute Gasteiger partial charge is 0.345 e. The number of cyclic esters (lactones) is 1. The summed E-state index contributed by atoms with van der Waals surface area (Å²) in [6, 6.07) is 0. The molecule has 188 valence electrons. The fourth-order valence-electron chi connectivity index (χ4n) is 3.55. The van der Waals surface area contributed by atoms with Crippen LogP contribution in [-0.4, -0.2) is 64.1 Å². The molecule has 0 aromatic heterocycles. The molecule has 1 aliphatic rings. The van der Waals surface area contributed by atoms with Gasteiger partial charge in [-0.1, -0.05) is 32.1 Å². The summed E-state index contributed by atoms with van der Waals surface area (Å²) in [6.45, 7) is 4.10. The summed E-state index contributed by atoms with van der Waals surface area (Å²) >= 11 is 0.884. The quantitative estimate of drug-likeness (QED) is 0.438. The minimum atomic E-state index is -1.46. The highest BCUT2D eigenvalue weighted by Gasteiger charge is 2.32. The van der Waals surface area contributed by atoms with Gasteiger partial charge in [-0.15, -0.1) is 11.8 Å². The van der Waals surface area contributed by atoms with E-state index in [0.717, 1.165) is 63.6 Å². The van der Waals surface area contributed by atoms with Crippen molar-refractivity contribution < 1.29 is 43.3 Å². The number of thioether (sulfide) groups is 1. The van der Waals surface area contributed by atoms with Crippen molar-refractivity contribution in [3.8, 4) is 0 Å². The van der Waals surface area contributed by atoms with Crippen LogP contribution in [0.2, 0.25) is 0 Å². The molecule has 4 atom stereocenters. The lowest BCUT2D eigenvalue weighted by molar-refractivity contribution is -0.160. The van der Waals surface area contributed by atoms with Gasteiger partial charge in [-0.05, 0) is 32.6 Å². The van der Waals surface area contributed by atoms with Crippen LogP contribution in [0.3, 0.4) is 0 Å². The first kappa shape index (κ1) is 28.9. The molecule has 1 saturated heterocycles. The summed E-state index contributed by atoms with van der Waals surface area (Å²) in [4.78, 5) is 59.9. The molecule has 0 bridgehead atoms. The zero-order valence-electron chi connectivity index (χ0n) is 19.7. The number of ketones is 1. The van der Waals surface area contributed by atoms with Crippen molar-refractivity contribution in [2.24, 2.45) is 0 Å². The van der Waals surface area contributed by atoms with Crippen LogP contribution >= 0.6 is 11.8 Å². The molecule has 0 saturated carbocycles. The van der Waals surface area contributed by atoms with Crippen molar-refractivity contribution in [2.45, 2.75) is 109 Å². The van der Waals surface area contributed by atoms with Crippen LogP contribution in [0.15, 0.2) is 0 Å². The Labute approximate surface area is 199 Å². The first-order valence-corrected chi connectivity index (χ1v) is 12.6. The van der Waals surface area contributed by atoms with Crippen molar-refractivity contribution in [3.63, 3.8) is 0 Å². The van der Waals surface area contributed by atoms with Crippen LogP contribution in [0.1, 0.15) is 85.0 Å². The Morgan fingerprint density at radius 2 is 1.58 bits per heavy atom. The number of aliphatic carboxylic acids is 1. The molecule has 0 unspecified atom stereocenters. The highest BCUT2D eigenvalue weighted by atomic mass is 32.2. The summed E-state index contributed by atoms with van der Waals surface area (Å²) in [5, 5.41) is 8.27. The fourth-order valence-corrected chi connectivity index (χ4v) is 4.64. The van der Waals surface area contributed by atoms with Crippen molar-refractivity contribution in [1.82, 2.24) is 0 Å². The molecular weight excluding hydrogens is 452 g/mol. The molecule has 0 radical (unpaired) electrons. The van der Waals surface area contributed by atoms with E-state index >= 15 is 0 Å². The summed E-state index contributed by atoms with van der Waals surface area (Å²) < 4.78 is 15.5. The lowest BCUT2D eigenvalue weighted by Crippen LogP contribution is -2.35. The predicted octanol–water partition coefficient (Wildman–Crippen LogP) is 3.45. The van der Waals surface area contributed by atoms with Crippen molar-refractivity contribution in [1.29, 1.82) is 0 Å². The highest BCUT2D eigenvalue weighted by molar-refractivity contribution is 8.00. The minimum absolute atomic E-state index is 0.228. The lowest BCUT2D eigenvalue weighted by Gasteiger charge is -2.22. The van der Waals surface area contributed by atoms with Crippen LogP contribution < -0.4 is 0 Å². The van der Waals surface area contributed by atoms with Crippen LogP contribution in [-0.2, 0) is 38.2 Å². The number of hydrogen-bond donors (Lipinski definition) is 1. The Balaban J connectivity index is 2.99. The number of carbonyl (C=O) groups excluding carboxylic acids is 4. The van der Waals surface area contributed by atoms with E-state index < -0.39 is 47.1 Å². The molecule has 0 aromatic rings. The molecule has 10 heteroatoms. The first-order chi connectivity index (χ1) is 15.6. The second kappa shape index (κ2) is 15.7. The normalized spacial score (nSPS) is 24.9. The summed E-state index contributed by atoms with van der Waals surface area (Å²) in [5.41, 5.74) is 0. The summed E-state index contributed by atoms with van der Waals surface area (Å²) in [6.07, 6.45) is 4.82. The second-order valence-corrected chi connectivity index (χ2v) is 9.56. The number of carboxylic acids is 1. The second-order valence-electron chi connectivity index (χ2n) is 8.33. The third kappa shape index (κ3) is 12.6. The molecule has 33 heavy (non-hydrogen) atoms. The Kier molecular flexibility index (Phi) is 13.8. The van der Waals surface area contributed by atoms with Gasteiger partial charge in [-0.3, -0.25) is 19.2 Å². The first-order valence-electron chi connectivity index (χ1n) is 11.5. The van der Waals surface area contributed by atoms with E-state index in [0.29, 0.717) is 12.8 Å². The lowest BCUT2D eigenvalue weighted by atomic mass is 10.0. The molecule has 9 nitrogen and oxygen atoms in total. The molecule has 0 aromatic carbocycles. The van der Waals surface area contributed by atoms with Gasteiger partial charge in [-0.2, -0.15) is 0 Å². The van der Waals surface area contributed by atoms with Gasteiger partial charge < -0.3 is 19.3 Å². The third-order valence-corrected chi connectivity index (χ3v) is 6.50. The van der Waals surface area contributed by atoms with Gasteiger partial charge in [0, 0.05) is 26.0 Å². The SMILES string of the molecule is CC(=O)O[C@H]1CCCCCCCCC[C@@H](C)OC(=O)[C@H](SC[C@@H](OC(C)=O)C(=O)O)CC1=O. The van der Waals surface area contributed by atoms with E-state index in [2.05, 4.69) is 0 Å². The maximum absolute atomic E-state index is 12.9. The van der Waals surface area contributed by atoms with Crippen molar-refractivity contribution >= 4 is 41.4 Å². The van der Waals surface area contributed by atoms with Gasteiger partial charge in [0.25, 0.3) is 0 Å². The summed E-state index contributed by atoms with van der Waals surface area (Å²) in [5.74, 6) is -3.97. The average Bonchev–Trinajstić information content (AvgIpc) is 2.71. The van der Waals surface area contributed by atoms with Crippen molar-refractivity contribution in [3.05, 3.63) is 0 Å². The maximum atomic E-state index is 12.9. The van der Waals surface area contributed by atoms with Crippen molar-refractivity contribution in [2.75, 3.05) is 5.75 Å². The molecule has 1 heterocycles. The molecule has 1 rings (SSSR count). The average molecular weight is 489 g/mol. The van der Waals surface area contributed by atoms with E-state index in [1.165, 1.54) is 6.92 Å². The molecule has 0 aliphatic carbocycles. The molecule has 1 aliphatic heterocycles. The number of hydrogen-bond acceptors (Lipinski definition) is 9. The number of esters is 3. The molecule has 1 N–H and O–H groups in total. The van der Waals surface area contributed by atoms with Crippen LogP contribution in [0.4, 0.5) is 0 Å². The van der Waals surface area contributed by atoms with Crippen LogP contribution in [0, 0.1) is 0 Å². The van der Waals surface area contributed by atoms with Crippen LogP contribution in [0.25, 0.3) is 0 Å². The monoisotopic (exact) mass is 488 g/mol. The van der Waals surface area contributed by atoms with E-state index in [9.17, 15) is 29.1 Å². The minimum Gasteiger partial charge on any atom is -0.478 e. The van der Waals surface area contributed by atoms with Gasteiger partial charge >= 0.3 is 23.9 Å². The number of Topliss-reactive ketones (excluding diaryl/α,β-unsaturated/α-hetero) is 1. The Bertz CT molecular complexity index is 679. The molecule has 1 fully saturated rings. The third-order valence-electron chi connectivity index (χ3n) is 5.24. The number of carboxylic acid groups (broad SMARTS) is 1. The van der Waals surface area contributed by atoms with Gasteiger partial charge in [0.15, 0.2) is 11.9 Å². The fraction of sp³-hybridized carbons (Fsp3) is 0.783. The Hall–Kier alpha value is -2.10. The van der Waals surface area contributed by atoms with Gasteiger partial charge in [0.05, 0.1) is 6.10 Å². The molecular formula is C23H36O9S. The van der Waals surface area contributed by atoms with Gasteiger partial charge in [-0.25, -0.2) is 4.79 Å². The summed E-state index contributed by atoms with van der Waals surface area (Å²) in [7, 11) is 0. The zero-order valence-corrected chi connectivity index (χ0v) is 20.5. The van der Waals surface area contributed by atoms with Gasteiger partial charge in [0.1, 0.15) is 5.25 Å². The maximum Gasteiger partial charge on any atom is 0.345 e. The largest absolute Gasteiger partial charge is 0.478 e. The zero-order chi connectivity index (χ0) is 24.8. The number of carbonyl (C=O) groups is 5. The van der Waals surface area contributed by atoms with Gasteiger partial charge in [0.2, 0.25) is 6.10 Å². The number of ether oxygens (including phenoxy) is 3. The Morgan fingerprint density at radius 3 is 2.12 bits per heavy atom. The molecule has 0 amide bonds. The van der Waals surface area contributed by atoms with E-state index in [-0.39, 0.29) is 18.3 Å². The topological polar surface area (TPSA) is 133 Å². The highest BCUT2D eigenvalue weighted by Crippen LogP contribution is 2.24. The van der Waals surface area contributed by atoms with E-state index in [4.69, 9.17) is 14.2 Å². The predicted molar refractivity (Wildman–Crippen MR) is 122 cm³/mol. The van der Waals surface area contributed by atoms with Crippen LogP contribution in [0.5, 0.6) is 0 Å². The number of rotatable bonds is 6. The molecule has 0 spiro atoms. The standard InChI is InChI=1S/C23H36O9S/c1-15-11-9-7-5-4-6-8-10-12-19(31-16(2)24)18(26)13-21(23(29)30-15)33-14-20(22(27)28)32-17(3)25/h15,19-21H,4-14H2,1-3H3,(H,27,28)/t15-,19+,20-,21-/m1/s1. The van der Waals surface area contributed by atoms with E-state index in [1.807, 2.05) is 0 Å². The Morgan fingerprint density at radius 1 is 1.00 bits per heavy atom.